The molecule has 0 aliphatic heterocycles. The fourth-order valence-electron chi connectivity index (χ4n) is 2.80. The summed E-state index contributed by atoms with van der Waals surface area (Å²) in [6.07, 6.45) is 0.473. The number of hydrogen-bond acceptors (Lipinski definition) is 5. The van der Waals surface area contributed by atoms with Gasteiger partial charge in [0.25, 0.3) is 11.6 Å². The number of aliphatic hydroxyl groups is 1. The number of carbonyl (C=O) groups is 1. The lowest BCUT2D eigenvalue weighted by atomic mass is 10.1. The van der Waals surface area contributed by atoms with Gasteiger partial charge in [-0.2, -0.15) is 0 Å². The quantitative estimate of drug-likeness (QED) is 0.559. The van der Waals surface area contributed by atoms with Gasteiger partial charge in [0.2, 0.25) is 0 Å². The lowest BCUT2D eigenvalue weighted by Gasteiger charge is -2.31. The third-order valence-corrected chi connectivity index (χ3v) is 4.25. The predicted octanol–water partition coefficient (Wildman–Crippen LogP) is 2.73. The summed E-state index contributed by atoms with van der Waals surface area (Å²) in [6.45, 7) is 2.36. The number of carbonyl (C=O) groups excluding carboxylic acids is 1. The molecule has 0 heterocycles. The highest BCUT2D eigenvalue weighted by molar-refractivity contribution is 5.95. The number of aliphatic hydroxyl groups excluding tert-OH is 1. The maximum absolute atomic E-state index is 11.8. The highest BCUT2D eigenvalue weighted by atomic mass is 16.6. The minimum atomic E-state index is -0.481. The van der Waals surface area contributed by atoms with Crippen LogP contribution < -0.4 is 10.2 Å². The molecule has 0 bridgehead atoms. The molecule has 2 rings (SSSR count). The van der Waals surface area contributed by atoms with Gasteiger partial charge in [-0.05, 0) is 31.0 Å². The Labute approximate surface area is 152 Å². The number of amides is 1. The van der Waals surface area contributed by atoms with Crippen molar-refractivity contribution >= 4 is 17.3 Å². The zero-order valence-electron chi connectivity index (χ0n) is 14.9. The fourth-order valence-corrected chi connectivity index (χ4v) is 2.80. The topological polar surface area (TPSA) is 95.7 Å². The number of nitro groups is 1. The van der Waals surface area contributed by atoms with Crippen molar-refractivity contribution in [1.82, 2.24) is 5.32 Å². The molecule has 26 heavy (non-hydrogen) atoms. The SMILES string of the molecule is CNC(=O)c1ccc(N(Cc2ccccc2)C(C)CCO)c([N+](=O)[O-])c1. The number of nitro benzene ring substituents is 1. The van der Waals surface area contributed by atoms with Crippen molar-refractivity contribution in [2.24, 2.45) is 0 Å². The van der Waals surface area contributed by atoms with E-state index in [0.29, 0.717) is 18.7 Å². The van der Waals surface area contributed by atoms with Gasteiger partial charge in [-0.1, -0.05) is 30.3 Å². The van der Waals surface area contributed by atoms with Crippen LogP contribution >= 0.6 is 0 Å². The summed E-state index contributed by atoms with van der Waals surface area (Å²) >= 11 is 0. The maximum atomic E-state index is 11.8. The van der Waals surface area contributed by atoms with E-state index in [1.807, 2.05) is 42.2 Å². The first-order chi connectivity index (χ1) is 12.5. The predicted molar refractivity (Wildman–Crippen MR) is 100 cm³/mol. The van der Waals surface area contributed by atoms with Crippen LogP contribution in [-0.4, -0.2) is 35.6 Å². The standard InChI is InChI=1S/C19H23N3O4/c1-14(10-11-23)21(13-15-6-4-3-5-7-15)17-9-8-16(19(24)20-2)12-18(17)22(25)26/h3-9,12,14,23H,10-11,13H2,1-2H3,(H,20,24). The Morgan fingerprint density at radius 3 is 2.54 bits per heavy atom. The first kappa shape index (κ1) is 19.4. The number of nitrogens with zero attached hydrogens (tertiary/aromatic N) is 2. The highest BCUT2D eigenvalue weighted by Gasteiger charge is 2.25. The monoisotopic (exact) mass is 357 g/mol. The van der Waals surface area contributed by atoms with Crippen LogP contribution in [0.2, 0.25) is 0 Å². The Kier molecular flexibility index (Phi) is 6.68. The van der Waals surface area contributed by atoms with E-state index in [9.17, 15) is 20.0 Å². The van der Waals surface area contributed by atoms with Crippen molar-refractivity contribution in [3.05, 3.63) is 69.8 Å². The molecular formula is C19H23N3O4. The lowest BCUT2D eigenvalue weighted by Crippen LogP contribution is -2.34. The Morgan fingerprint density at radius 2 is 1.96 bits per heavy atom. The van der Waals surface area contributed by atoms with E-state index in [1.165, 1.54) is 13.1 Å². The van der Waals surface area contributed by atoms with Crippen LogP contribution in [0, 0.1) is 10.1 Å². The first-order valence-corrected chi connectivity index (χ1v) is 8.40. The molecule has 0 radical (unpaired) electrons. The average molecular weight is 357 g/mol. The summed E-state index contributed by atoms with van der Waals surface area (Å²) < 4.78 is 0. The van der Waals surface area contributed by atoms with Crippen molar-refractivity contribution in [2.45, 2.75) is 25.9 Å². The minimum absolute atomic E-state index is 0.0173. The van der Waals surface area contributed by atoms with E-state index < -0.39 is 4.92 Å². The second-order valence-corrected chi connectivity index (χ2v) is 6.01. The summed E-state index contributed by atoms with van der Waals surface area (Å²) in [5.74, 6) is -0.377. The zero-order chi connectivity index (χ0) is 19.1. The van der Waals surface area contributed by atoms with Crippen LogP contribution in [0.3, 0.4) is 0 Å². The van der Waals surface area contributed by atoms with Gasteiger partial charge in [-0.3, -0.25) is 14.9 Å². The van der Waals surface area contributed by atoms with E-state index in [1.54, 1.807) is 12.1 Å². The van der Waals surface area contributed by atoms with Crippen LogP contribution in [0.25, 0.3) is 0 Å². The second kappa shape index (κ2) is 8.96. The maximum Gasteiger partial charge on any atom is 0.293 e. The Hall–Kier alpha value is -2.93. The summed E-state index contributed by atoms with van der Waals surface area (Å²) in [6, 6.07) is 14.0. The molecule has 1 unspecified atom stereocenters. The smallest absolute Gasteiger partial charge is 0.293 e. The number of nitrogens with one attached hydrogen (secondary N) is 1. The molecular weight excluding hydrogens is 334 g/mol. The van der Waals surface area contributed by atoms with Gasteiger partial charge in [0.15, 0.2) is 0 Å². The normalized spacial score (nSPS) is 11.7. The van der Waals surface area contributed by atoms with Crippen molar-refractivity contribution in [2.75, 3.05) is 18.6 Å². The third-order valence-electron chi connectivity index (χ3n) is 4.25. The van der Waals surface area contributed by atoms with E-state index in [-0.39, 0.29) is 29.8 Å². The Balaban J connectivity index is 2.48. The van der Waals surface area contributed by atoms with Crippen LogP contribution in [0.4, 0.5) is 11.4 Å². The largest absolute Gasteiger partial charge is 0.396 e. The zero-order valence-corrected chi connectivity index (χ0v) is 14.9. The van der Waals surface area contributed by atoms with E-state index in [0.717, 1.165) is 5.56 Å². The summed E-state index contributed by atoms with van der Waals surface area (Å²) in [5.41, 5.74) is 1.53. The lowest BCUT2D eigenvalue weighted by molar-refractivity contribution is -0.384. The highest BCUT2D eigenvalue weighted by Crippen LogP contribution is 2.32. The number of rotatable bonds is 8. The minimum Gasteiger partial charge on any atom is -0.396 e. The molecule has 0 saturated heterocycles. The van der Waals surface area contributed by atoms with Gasteiger partial charge in [0.05, 0.1) is 4.92 Å². The molecule has 7 heteroatoms. The van der Waals surface area contributed by atoms with Crippen molar-refractivity contribution in [3.63, 3.8) is 0 Å². The third kappa shape index (κ3) is 4.58. The van der Waals surface area contributed by atoms with Crippen LogP contribution in [0.1, 0.15) is 29.3 Å². The Bertz CT molecular complexity index is 765. The number of anilines is 1. The number of benzene rings is 2. The van der Waals surface area contributed by atoms with Gasteiger partial charge in [-0.25, -0.2) is 0 Å². The molecule has 2 aromatic rings. The van der Waals surface area contributed by atoms with Crippen LogP contribution in [-0.2, 0) is 6.54 Å². The van der Waals surface area contributed by atoms with Crippen molar-refractivity contribution < 1.29 is 14.8 Å². The fraction of sp³-hybridized carbons (Fsp3) is 0.316. The van der Waals surface area contributed by atoms with E-state index in [4.69, 9.17) is 0 Å². The van der Waals surface area contributed by atoms with Crippen LogP contribution in [0.5, 0.6) is 0 Å². The molecule has 2 N–H and O–H groups in total. The summed E-state index contributed by atoms with van der Waals surface area (Å²) in [5, 5.41) is 23.4. The molecule has 2 aromatic carbocycles. The van der Waals surface area contributed by atoms with Gasteiger partial charge in [0.1, 0.15) is 5.69 Å². The van der Waals surface area contributed by atoms with Gasteiger partial charge < -0.3 is 15.3 Å². The van der Waals surface area contributed by atoms with E-state index in [2.05, 4.69) is 5.32 Å². The Morgan fingerprint density at radius 1 is 1.27 bits per heavy atom. The molecule has 0 aliphatic carbocycles. The molecule has 1 atom stereocenters. The molecule has 0 aromatic heterocycles. The molecule has 1 amide bonds. The summed E-state index contributed by atoms with van der Waals surface area (Å²) in [7, 11) is 1.48. The molecule has 138 valence electrons. The number of hydrogen-bond donors (Lipinski definition) is 2. The summed E-state index contributed by atoms with van der Waals surface area (Å²) in [4.78, 5) is 24.8. The van der Waals surface area contributed by atoms with Gasteiger partial charge >= 0.3 is 0 Å². The molecule has 0 spiro atoms. The van der Waals surface area contributed by atoms with Crippen LogP contribution in [0.15, 0.2) is 48.5 Å². The van der Waals surface area contributed by atoms with Gasteiger partial charge in [-0.15, -0.1) is 0 Å². The molecule has 7 nitrogen and oxygen atoms in total. The van der Waals surface area contributed by atoms with Gasteiger partial charge in [0, 0.05) is 37.9 Å². The van der Waals surface area contributed by atoms with Crippen molar-refractivity contribution in [3.8, 4) is 0 Å². The first-order valence-electron chi connectivity index (χ1n) is 8.40. The molecule has 0 saturated carbocycles. The van der Waals surface area contributed by atoms with E-state index >= 15 is 0 Å². The average Bonchev–Trinajstić information content (AvgIpc) is 2.66. The second-order valence-electron chi connectivity index (χ2n) is 6.01. The van der Waals surface area contributed by atoms with Crippen molar-refractivity contribution in [1.29, 1.82) is 0 Å². The molecule has 0 fully saturated rings. The molecule has 0 aliphatic rings.